The maximum Gasteiger partial charge on any atom is 0.258 e. The zero-order valence-corrected chi connectivity index (χ0v) is 16.8. The maximum absolute atomic E-state index is 13.3. The summed E-state index contributed by atoms with van der Waals surface area (Å²) in [5.74, 6) is -0.141. The highest BCUT2D eigenvalue weighted by Crippen LogP contribution is 2.23. The number of carbonyl (C=O) groups is 1. The molecule has 8 heteroatoms. The Morgan fingerprint density at radius 3 is 2.84 bits per heavy atom. The van der Waals surface area contributed by atoms with Crippen LogP contribution in [0.15, 0.2) is 65.6 Å². The fraction of sp³-hybridized carbons (Fsp3) is 0.174. The molecule has 1 atom stereocenters. The Morgan fingerprint density at radius 1 is 1.19 bits per heavy atom. The summed E-state index contributed by atoms with van der Waals surface area (Å²) < 4.78 is 18.7. The third kappa shape index (κ3) is 4.98. The number of fused-ring (bicyclic) bond motifs is 1. The van der Waals surface area contributed by atoms with E-state index in [1.54, 1.807) is 13.0 Å². The van der Waals surface area contributed by atoms with Gasteiger partial charge in [0.05, 0.1) is 11.7 Å². The van der Waals surface area contributed by atoms with Gasteiger partial charge < -0.3 is 20.0 Å². The van der Waals surface area contributed by atoms with Crippen LogP contribution in [-0.2, 0) is 11.2 Å². The van der Waals surface area contributed by atoms with Crippen molar-refractivity contribution in [3.8, 4) is 5.75 Å². The van der Waals surface area contributed by atoms with Gasteiger partial charge in [-0.1, -0.05) is 24.3 Å². The Kier molecular flexibility index (Phi) is 5.79. The van der Waals surface area contributed by atoms with Gasteiger partial charge >= 0.3 is 0 Å². The summed E-state index contributed by atoms with van der Waals surface area (Å²) in [6, 6.07) is 14.2. The van der Waals surface area contributed by atoms with Gasteiger partial charge in [0.2, 0.25) is 0 Å². The summed E-state index contributed by atoms with van der Waals surface area (Å²) in [6.45, 7) is 1.39. The topological polar surface area (TPSA) is 99.9 Å². The molecule has 0 saturated carbocycles. The number of hydrogen-bond acceptors (Lipinski definition) is 4. The number of benzene rings is 2. The number of halogens is 1. The number of aryl methyl sites for hydroxylation is 1. The van der Waals surface area contributed by atoms with Crippen LogP contribution in [0.25, 0.3) is 10.9 Å². The largest absolute Gasteiger partial charge is 0.484 e. The highest BCUT2D eigenvalue weighted by atomic mass is 19.1. The molecule has 7 nitrogen and oxygen atoms in total. The zero-order chi connectivity index (χ0) is 21.8. The van der Waals surface area contributed by atoms with Gasteiger partial charge in [-0.05, 0) is 30.7 Å². The Bertz CT molecular complexity index is 1280. The molecule has 0 unspecified atom stereocenters. The van der Waals surface area contributed by atoms with E-state index in [4.69, 9.17) is 4.74 Å². The molecule has 0 aliphatic carbocycles. The van der Waals surface area contributed by atoms with E-state index in [1.807, 2.05) is 30.5 Å². The predicted octanol–water partition coefficient (Wildman–Crippen LogP) is 3.18. The van der Waals surface area contributed by atoms with E-state index in [2.05, 4.69) is 20.3 Å². The van der Waals surface area contributed by atoms with Crippen LogP contribution in [0.2, 0.25) is 0 Å². The Hall–Kier alpha value is -3.94. The summed E-state index contributed by atoms with van der Waals surface area (Å²) in [6.07, 6.45) is 2.30. The molecule has 4 rings (SSSR count). The second-order valence-corrected chi connectivity index (χ2v) is 7.19. The minimum Gasteiger partial charge on any atom is -0.484 e. The fourth-order valence-corrected chi connectivity index (χ4v) is 3.47. The van der Waals surface area contributed by atoms with Crippen LogP contribution in [0.4, 0.5) is 4.39 Å². The second-order valence-electron chi connectivity index (χ2n) is 7.19. The molecule has 0 spiro atoms. The first kappa shape index (κ1) is 20.3. The van der Waals surface area contributed by atoms with Crippen molar-refractivity contribution in [1.82, 2.24) is 20.3 Å². The van der Waals surface area contributed by atoms with Crippen molar-refractivity contribution in [2.75, 3.05) is 6.61 Å². The van der Waals surface area contributed by atoms with Gasteiger partial charge in [-0.3, -0.25) is 9.59 Å². The van der Waals surface area contributed by atoms with Gasteiger partial charge in [0.15, 0.2) is 6.61 Å². The smallest absolute Gasteiger partial charge is 0.258 e. The van der Waals surface area contributed by atoms with Crippen LogP contribution >= 0.6 is 0 Å². The average molecular weight is 420 g/mol. The van der Waals surface area contributed by atoms with Gasteiger partial charge in [0, 0.05) is 35.7 Å². The Morgan fingerprint density at radius 2 is 2.03 bits per heavy atom. The number of nitrogens with zero attached hydrogens (tertiary/aromatic N) is 1. The van der Waals surface area contributed by atoms with Gasteiger partial charge in [-0.25, -0.2) is 9.37 Å². The molecule has 1 amide bonds. The highest BCUT2D eigenvalue weighted by Gasteiger charge is 2.20. The highest BCUT2D eigenvalue weighted by molar-refractivity contribution is 5.83. The van der Waals surface area contributed by atoms with E-state index in [1.165, 1.54) is 24.3 Å². The lowest BCUT2D eigenvalue weighted by Crippen LogP contribution is -2.35. The molecule has 2 heterocycles. The SMILES string of the molecule is Cc1nc([C@H](Cc2c[nH]c3ccccc23)NC(=O)COc2cccc(F)c2)cc(=O)[nH]1. The van der Waals surface area contributed by atoms with Crippen molar-refractivity contribution in [2.45, 2.75) is 19.4 Å². The van der Waals surface area contributed by atoms with Crippen molar-refractivity contribution in [3.05, 3.63) is 94.0 Å². The molecule has 0 fully saturated rings. The standard InChI is InChI=1S/C23H21FN4O3/c1-14-26-21(11-22(29)27-14)20(9-15-12-25-19-8-3-2-7-18(15)19)28-23(30)13-31-17-6-4-5-16(24)10-17/h2-8,10-12,20,25H,9,13H2,1H3,(H,28,30)(H,26,27,29)/t20-/m0/s1. The minimum atomic E-state index is -0.552. The lowest BCUT2D eigenvalue weighted by atomic mass is 10.0. The van der Waals surface area contributed by atoms with E-state index < -0.39 is 17.8 Å². The summed E-state index contributed by atoms with van der Waals surface area (Å²) in [4.78, 5) is 34.8. The zero-order valence-electron chi connectivity index (χ0n) is 16.8. The quantitative estimate of drug-likeness (QED) is 0.428. The number of H-pyrrole nitrogens is 2. The van der Waals surface area contributed by atoms with Gasteiger partial charge in [0.25, 0.3) is 11.5 Å². The van der Waals surface area contributed by atoms with Crippen LogP contribution in [-0.4, -0.2) is 27.5 Å². The summed E-state index contributed by atoms with van der Waals surface area (Å²) >= 11 is 0. The van der Waals surface area contributed by atoms with Gasteiger partial charge in [-0.2, -0.15) is 0 Å². The second kappa shape index (κ2) is 8.83. The van der Waals surface area contributed by atoms with Crippen molar-refractivity contribution in [2.24, 2.45) is 0 Å². The van der Waals surface area contributed by atoms with E-state index in [0.717, 1.165) is 16.5 Å². The van der Waals surface area contributed by atoms with Crippen LogP contribution in [0.3, 0.4) is 0 Å². The number of aromatic nitrogens is 3. The Balaban J connectivity index is 1.56. The summed E-state index contributed by atoms with van der Waals surface area (Å²) in [7, 11) is 0. The van der Waals surface area contributed by atoms with Crippen molar-refractivity contribution < 1.29 is 13.9 Å². The normalized spacial score (nSPS) is 11.9. The molecule has 2 aromatic heterocycles. The fourth-order valence-electron chi connectivity index (χ4n) is 3.47. The summed E-state index contributed by atoms with van der Waals surface area (Å²) in [5, 5.41) is 3.92. The molecule has 0 aliphatic rings. The minimum absolute atomic E-state index is 0.258. The van der Waals surface area contributed by atoms with Crippen LogP contribution in [0, 0.1) is 12.7 Å². The van der Waals surface area contributed by atoms with Gasteiger partial charge in [-0.15, -0.1) is 0 Å². The summed E-state index contributed by atoms with van der Waals surface area (Å²) in [5.41, 5.74) is 2.11. The molecular formula is C23H21FN4O3. The molecule has 0 bridgehead atoms. The van der Waals surface area contributed by atoms with Crippen LogP contribution in [0.5, 0.6) is 5.75 Å². The number of para-hydroxylation sites is 1. The molecule has 0 aliphatic heterocycles. The number of aromatic amines is 2. The monoisotopic (exact) mass is 420 g/mol. The molecule has 0 radical (unpaired) electrons. The van der Waals surface area contributed by atoms with E-state index >= 15 is 0 Å². The average Bonchev–Trinajstić information content (AvgIpc) is 3.14. The lowest BCUT2D eigenvalue weighted by molar-refractivity contribution is -0.123. The first-order valence-electron chi connectivity index (χ1n) is 9.78. The number of hydrogen-bond donors (Lipinski definition) is 3. The molecule has 31 heavy (non-hydrogen) atoms. The van der Waals surface area contributed by atoms with Crippen LogP contribution in [0.1, 0.15) is 23.1 Å². The number of ether oxygens (including phenoxy) is 1. The third-order valence-corrected chi connectivity index (χ3v) is 4.84. The molecule has 2 aromatic carbocycles. The molecule has 0 saturated heterocycles. The molecule has 158 valence electrons. The third-order valence-electron chi connectivity index (χ3n) is 4.84. The number of carbonyl (C=O) groups excluding carboxylic acids is 1. The van der Waals surface area contributed by atoms with E-state index in [0.29, 0.717) is 17.9 Å². The van der Waals surface area contributed by atoms with E-state index in [-0.39, 0.29) is 17.9 Å². The first-order valence-corrected chi connectivity index (χ1v) is 9.78. The van der Waals surface area contributed by atoms with E-state index in [9.17, 15) is 14.0 Å². The maximum atomic E-state index is 13.3. The Labute approximate surface area is 177 Å². The van der Waals surface area contributed by atoms with Crippen molar-refractivity contribution in [1.29, 1.82) is 0 Å². The van der Waals surface area contributed by atoms with Gasteiger partial charge in [0.1, 0.15) is 17.4 Å². The predicted molar refractivity (Wildman–Crippen MR) is 114 cm³/mol. The lowest BCUT2D eigenvalue weighted by Gasteiger charge is -2.19. The number of rotatable bonds is 7. The van der Waals surface area contributed by atoms with Crippen molar-refractivity contribution >= 4 is 16.8 Å². The first-order chi connectivity index (χ1) is 15.0. The molecular weight excluding hydrogens is 399 g/mol. The van der Waals surface area contributed by atoms with Crippen LogP contribution < -0.4 is 15.6 Å². The molecule has 4 aromatic rings. The number of amides is 1. The molecule has 3 N–H and O–H groups in total. The number of nitrogens with one attached hydrogen (secondary N) is 3. The van der Waals surface area contributed by atoms with Crippen molar-refractivity contribution in [3.63, 3.8) is 0 Å².